The molecule has 23 rings (SSSR count). The van der Waals surface area contributed by atoms with Crippen LogP contribution in [0, 0.1) is 0 Å². The first kappa shape index (κ1) is 69.1. The molecule has 19 aromatic carbocycles. The molecule has 0 atom stereocenters. The van der Waals surface area contributed by atoms with Crippen molar-refractivity contribution in [3.05, 3.63) is 461 Å². The van der Waals surface area contributed by atoms with Gasteiger partial charge in [-0.3, -0.25) is 0 Å². The fourth-order valence-electron chi connectivity index (χ4n) is 18.3. The van der Waals surface area contributed by atoms with Crippen molar-refractivity contribution in [1.82, 2.24) is 18.3 Å². The Morgan fingerprint density at radius 3 is 0.508 bits per heavy atom. The molecule has 23 aromatic rings. The van der Waals surface area contributed by atoms with Crippen LogP contribution >= 0.6 is 0 Å². The summed E-state index contributed by atoms with van der Waals surface area (Å²) in [6.07, 6.45) is 0. The highest BCUT2D eigenvalue weighted by atomic mass is 15.0. The summed E-state index contributed by atoms with van der Waals surface area (Å²) in [5.41, 5.74) is 36.2. The summed E-state index contributed by atoms with van der Waals surface area (Å²) in [6, 6.07) is 168. The van der Waals surface area contributed by atoms with Crippen LogP contribution in [0.3, 0.4) is 0 Å². The van der Waals surface area contributed by atoms with Crippen LogP contribution in [0.5, 0.6) is 0 Å². The fourth-order valence-corrected chi connectivity index (χ4v) is 18.3. The van der Waals surface area contributed by atoms with E-state index in [0.717, 1.165) is 0 Å². The molecule has 4 nitrogen and oxygen atoms in total. The number of nitrogens with zero attached hydrogens (tertiary/aromatic N) is 4. The zero-order chi connectivity index (χ0) is 78.0. The highest BCUT2D eigenvalue weighted by Crippen LogP contribution is 2.46. The number of para-hydroxylation sites is 8. The van der Waals surface area contributed by atoms with Crippen molar-refractivity contribution in [3.8, 4) is 123 Å². The number of aromatic nitrogens is 4. The Labute approximate surface area is 684 Å². The molecule has 0 aliphatic rings. The summed E-state index contributed by atoms with van der Waals surface area (Å²) >= 11 is 0. The molecular weight excluding hydrogens is 1430 g/mol. The van der Waals surface area contributed by atoms with E-state index in [9.17, 15) is 0 Å². The van der Waals surface area contributed by atoms with Crippen LogP contribution in [0.4, 0.5) is 0 Å². The second-order valence-corrected chi connectivity index (χ2v) is 30.6. The fraction of sp³-hybridized carbons (Fsp3) is 0. The van der Waals surface area contributed by atoms with Crippen molar-refractivity contribution < 1.29 is 0 Å². The van der Waals surface area contributed by atoms with Gasteiger partial charge in [-0.2, -0.15) is 0 Å². The van der Waals surface area contributed by atoms with Crippen molar-refractivity contribution >= 4 is 87.2 Å². The van der Waals surface area contributed by atoms with Crippen molar-refractivity contribution in [1.29, 1.82) is 0 Å². The van der Waals surface area contributed by atoms with E-state index >= 15 is 0 Å². The number of benzene rings is 19. The van der Waals surface area contributed by atoms with Gasteiger partial charge < -0.3 is 18.3 Å². The Bertz CT molecular complexity index is 7260. The van der Waals surface area contributed by atoms with Crippen LogP contribution in [-0.4, -0.2) is 18.3 Å². The largest absolute Gasteiger partial charge is 0.309 e. The van der Waals surface area contributed by atoms with E-state index in [1.807, 2.05) is 0 Å². The first-order chi connectivity index (χ1) is 58.5. The van der Waals surface area contributed by atoms with Crippen molar-refractivity contribution in [2.75, 3.05) is 0 Å². The molecule has 4 heterocycles. The molecule has 4 aromatic heterocycles. The van der Waals surface area contributed by atoms with Gasteiger partial charge in [0, 0.05) is 65.8 Å². The standard InChI is InChI=1S/C60H40N2.C54H36N2/c1-3-11-51(12-4-1)61-57-17-9-7-15-53(57)55-39-49(35-37-59(55)61)47-31-27-45(28-32-47)43-23-19-41(20-24-43)42-21-25-44(26-22-42)46-29-33-48(34-30-46)50-36-38-60-56(40-50)54-16-8-10-18-58(54)62(60)52-13-5-2-6-14-52;1-3-17-39(18-4-1)55-51-29-15-13-27-47(51)49-35-37(31-33-53(49)55)41-21-7-9-23-43(41)45-25-11-12-26-46(45)44-24-10-8-22-42(44)38-32-34-54-50(36-38)48-28-14-16-30-52(48)56(54)40-19-5-2-6-20-40/h1-40H;1-36H. The third-order valence-electron chi connectivity index (χ3n) is 23.9. The number of rotatable bonds is 13. The molecule has 0 radical (unpaired) electrons. The first-order valence-corrected chi connectivity index (χ1v) is 40.6. The van der Waals surface area contributed by atoms with Crippen molar-refractivity contribution in [3.63, 3.8) is 0 Å². The molecule has 0 N–H and O–H groups in total. The van der Waals surface area contributed by atoms with Gasteiger partial charge in [-0.15, -0.1) is 0 Å². The summed E-state index contributed by atoms with van der Waals surface area (Å²) in [5, 5.41) is 10.1. The first-order valence-electron chi connectivity index (χ1n) is 40.6. The van der Waals surface area contributed by atoms with Crippen LogP contribution in [0.15, 0.2) is 461 Å². The molecule has 0 aliphatic heterocycles. The van der Waals surface area contributed by atoms with Gasteiger partial charge in [0.1, 0.15) is 0 Å². The van der Waals surface area contributed by atoms with Gasteiger partial charge in [0.15, 0.2) is 0 Å². The minimum Gasteiger partial charge on any atom is -0.309 e. The zero-order valence-electron chi connectivity index (χ0n) is 64.7. The van der Waals surface area contributed by atoms with Crippen LogP contribution in [-0.2, 0) is 0 Å². The van der Waals surface area contributed by atoms with Crippen molar-refractivity contribution in [2.24, 2.45) is 0 Å². The smallest absolute Gasteiger partial charge is 0.0541 e. The summed E-state index contributed by atoms with van der Waals surface area (Å²) < 4.78 is 9.48. The van der Waals surface area contributed by atoms with Crippen LogP contribution in [0.25, 0.3) is 210 Å². The Balaban J connectivity index is 0.000000143. The quantitative estimate of drug-likeness (QED) is 0.110. The lowest BCUT2D eigenvalue weighted by Gasteiger charge is -2.17. The Morgan fingerprint density at radius 1 is 0.102 bits per heavy atom. The average molecular weight is 1500 g/mol. The van der Waals surface area contributed by atoms with E-state index in [-0.39, 0.29) is 0 Å². The second kappa shape index (κ2) is 29.4. The highest BCUT2D eigenvalue weighted by Gasteiger charge is 2.22. The van der Waals surface area contributed by atoms with E-state index in [4.69, 9.17) is 0 Å². The molecule has 0 fully saturated rings. The molecule has 118 heavy (non-hydrogen) atoms. The van der Waals surface area contributed by atoms with Gasteiger partial charge >= 0.3 is 0 Å². The van der Waals surface area contributed by atoms with E-state index in [1.54, 1.807) is 0 Å². The lowest BCUT2D eigenvalue weighted by molar-refractivity contribution is 1.18. The molecular formula is C114H76N4. The van der Waals surface area contributed by atoms with Crippen LogP contribution in [0.2, 0.25) is 0 Å². The summed E-state index contributed by atoms with van der Waals surface area (Å²) in [4.78, 5) is 0. The van der Waals surface area contributed by atoms with E-state index in [2.05, 4.69) is 479 Å². The molecule has 0 spiro atoms. The number of hydrogen-bond acceptors (Lipinski definition) is 0. The van der Waals surface area contributed by atoms with Crippen LogP contribution < -0.4 is 0 Å². The Kier molecular flexibility index (Phi) is 17.2. The Hall–Kier alpha value is -15.6. The second-order valence-electron chi connectivity index (χ2n) is 30.6. The maximum absolute atomic E-state index is 2.38. The molecule has 4 heteroatoms. The van der Waals surface area contributed by atoms with Gasteiger partial charge in [-0.25, -0.2) is 0 Å². The topological polar surface area (TPSA) is 19.7 Å². The monoisotopic (exact) mass is 1500 g/mol. The van der Waals surface area contributed by atoms with E-state index in [0.29, 0.717) is 0 Å². The molecule has 0 aliphatic carbocycles. The summed E-state index contributed by atoms with van der Waals surface area (Å²) in [5.74, 6) is 0. The third kappa shape index (κ3) is 12.2. The predicted octanol–water partition coefficient (Wildman–Crippen LogP) is 30.8. The molecule has 0 bridgehead atoms. The number of hydrogen-bond donors (Lipinski definition) is 0. The minimum absolute atomic E-state index is 1.17. The van der Waals surface area contributed by atoms with Gasteiger partial charge in [0.2, 0.25) is 0 Å². The summed E-state index contributed by atoms with van der Waals surface area (Å²) in [6.45, 7) is 0. The SMILES string of the molecule is c1ccc(-n2c3ccccc3c3cc(-c4ccc(-c5ccc(-c6ccc(-c7ccc(-c8ccc9c(c8)c8ccccc8n9-c8ccccc8)cc7)cc6)cc5)cc4)ccc32)cc1.c1ccc(-n2c3ccccc3c3cc(-c4ccccc4-c4ccccc4-c4ccccc4-c4ccc5c(c4)c4ccccc4n5-c4ccccc4)ccc32)cc1. The van der Waals surface area contributed by atoms with Gasteiger partial charge in [-0.1, -0.05) is 340 Å². The molecule has 552 valence electrons. The maximum atomic E-state index is 2.38. The summed E-state index contributed by atoms with van der Waals surface area (Å²) in [7, 11) is 0. The molecule has 0 saturated carbocycles. The van der Waals surface area contributed by atoms with Crippen molar-refractivity contribution in [2.45, 2.75) is 0 Å². The molecule has 0 saturated heterocycles. The highest BCUT2D eigenvalue weighted by molar-refractivity contribution is 6.15. The van der Waals surface area contributed by atoms with Gasteiger partial charge in [0.25, 0.3) is 0 Å². The number of fused-ring (bicyclic) bond motifs is 12. The van der Waals surface area contributed by atoms with Crippen LogP contribution in [0.1, 0.15) is 0 Å². The molecule has 0 unspecified atom stereocenters. The zero-order valence-corrected chi connectivity index (χ0v) is 64.7. The predicted molar refractivity (Wildman–Crippen MR) is 499 cm³/mol. The normalized spacial score (nSPS) is 11.6. The lowest BCUT2D eigenvalue weighted by atomic mass is 9.86. The van der Waals surface area contributed by atoms with E-state index in [1.165, 1.54) is 210 Å². The minimum atomic E-state index is 1.17. The van der Waals surface area contributed by atoms with E-state index < -0.39 is 0 Å². The van der Waals surface area contributed by atoms with Gasteiger partial charge in [0.05, 0.1) is 44.1 Å². The average Bonchev–Trinajstić information content (AvgIpc) is 1.57. The Morgan fingerprint density at radius 2 is 0.263 bits per heavy atom. The van der Waals surface area contributed by atoms with Gasteiger partial charge in [-0.05, 0) is 221 Å². The lowest BCUT2D eigenvalue weighted by Crippen LogP contribution is -1.93. The molecule has 0 amide bonds. The third-order valence-corrected chi connectivity index (χ3v) is 23.9. The maximum Gasteiger partial charge on any atom is 0.0541 e.